The van der Waals surface area contributed by atoms with Gasteiger partial charge in [0.15, 0.2) is 5.58 Å². The third-order valence-corrected chi connectivity index (χ3v) is 4.22. The number of methoxy groups -OCH3 is 1. The molecular weight excluding hydrogens is 294 g/mol. The smallest absolute Gasteiger partial charge is 0.224 e. The minimum Gasteiger partial charge on any atom is -0.438 e. The van der Waals surface area contributed by atoms with E-state index in [1.54, 1.807) is 7.11 Å². The number of carbonyl (C=O) groups is 1. The van der Waals surface area contributed by atoms with Gasteiger partial charge in [-0.3, -0.25) is 4.79 Å². The van der Waals surface area contributed by atoms with E-state index in [0.717, 1.165) is 30.7 Å². The molecule has 6 nitrogen and oxygen atoms in total. The monoisotopic (exact) mass is 317 g/mol. The predicted molar refractivity (Wildman–Crippen MR) is 88.2 cm³/mol. The molecule has 0 radical (unpaired) electrons. The molecule has 2 N–H and O–H groups in total. The molecule has 0 atom stereocenters. The van der Waals surface area contributed by atoms with Gasteiger partial charge in [0.1, 0.15) is 12.1 Å². The molecule has 0 saturated carbocycles. The molecule has 124 valence electrons. The lowest BCUT2D eigenvalue weighted by Crippen LogP contribution is -2.28. The van der Waals surface area contributed by atoms with Crippen LogP contribution in [-0.4, -0.2) is 31.1 Å². The van der Waals surface area contributed by atoms with Crippen molar-refractivity contribution in [3.05, 3.63) is 24.1 Å². The lowest BCUT2D eigenvalue weighted by molar-refractivity contribution is -0.116. The number of nitrogens with one attached hydrogen (secondary N) is 2. The largest absolute Gasteiger partial charge is 0.438 e. The standard InChI is InChI=1S/C17H23N3O3/c1-22-11-17-20-14-10-13(3-4-15(14)23-17)19-16(21)5-2-12-6-8-18-9-7-12/h3-4,10,12,18H,2,5-9,11H2,1H3,(H,19,21). The van der Waals surface area contributed by atoms with Crippen LogP contribution < -0.4 is 10.6 Å². The maximum absolute atomic E-state index is 12.1. The van der Waals surface area contributed by atoms with Crippen molar-refractivity contribution < 1.29 is 13.9 Å². The van der Waals surface area contributed by atoms with Gasteiger partial charge in [0, 0.05) is 19.2 Å². The van der Waals surface area contributed by atoms with Crippen molar-refractivity contribution in [1.29, 1.82) is 0 Å². The topological polar surface area (TPSA) is 76.4 Å². The fourth-order valence-electron chi connectivity index (χ4n) is 2.97. The van der Waals surface area contributed by atoms with E-state index < -0.39 is 0 Å². The van der Waals surface area contributed by atoms with Crippen LogP contribution in [0, 0.1) is 5.92 Å². The Morgan fingerprint density at radius 3 is 3.04 bits per heavy atom. The highest BCUT2D eigenvalue weighted by molar-refractivity contribution is 5.92. The van der Waals surface area contributed by atoms with Crippen molar-refractivity contribution in [3.8, 4) is 0 Å². The van der Waals surface area contributed by atoms with Crippen LogP contribution in [0.25, 0.3) is 11.1 Å². The van der Waals surface area contributed by atoms with E-state index in [4.69, 9.17) is 9.15 Å². The van der Waals surface area contributed by atoms with E-state index in [2.05, 4.69) is 15.6 Å². The summed E-state index contributed by atoms with van der Waals surface area (Å²) >= 11 is 0. The number of rotatable bonds is 6. The quantitative estimate of drug-likeness (QED) is 0.856. The number of ether oxygens (including phenoxy) is 1. The number of anilines is 1. The lowest BCUT2D eigenvalue weighted by atomic mass is 9.93. The van der Waals surface area contributed by atoms with Gasteiger partial charge in [0.05, 0.1) is 0 Å². The number of nitrogens with zero attached hydrogens (tertiary/aromatic N) is 1. The summed E-state index contributed by atoms with van der Waals surface area (Å²) in [6.45, 7) is 2.48. The fourth-order valence-corrected chi connectivity index (χ4v) is 2.97. The Morgan fingerprint density at radius 2 is 2.26 bits per heavy atom. The van der Waals surface area contributed by atoms with E-state index in [9.17, 15) is 4.79 Å². The molecule has 0 aliphatic carbocycles. The third kappa shape index (κ3) is 4.30. The zero-order valence-corrected chi connectivity index (χ0v) is 13.4. The van der Waals surface area contributed by atoms with Gasteiger partial charge in [0.2, 0.25) is 11.8 Å². The summed E-state index contributed by atoms with van der Waals surface area (Å²) in [7, 11) is 1.60. The average Bonchev–Trinajstić information content (AvgIpc) is 2.96. The highest BCUT2D eigenvalue weighted by Gasteiger charge is 2.15. The molecule has 1 amide bonds. The molecule has 1 aliphatic heterocycles. The van der Waals surface area contributed by atoms with Crippen molar-refractivity contribution >= 4 is 22.7 Å². The summed E-state index contributed by atoms with van der Waals surface area (Å²) in [6.07, 6.45) is 3.86. The Morgan fingerprint density at radius 1 is 1.43 bits per heavy atom. The van der Waals surface area contributed by atoms with E-state index >= 15 is 0 Å². The summed E-state index contributed by atoms with van der Waals surface area (Å²) in [6, 6.07) is 5.50. The molecule has 1 saturated heterocycles. The molecule has 1 fully saturated rings. The number of amides is 1. The van der Waals surface area contributed by atoms with Gasteiger partial charge in [-0.2, -0.15) is 0 Å². The summed E-state index contributed by atoms with van der Waals surface area (Å²) in [5, 5.41) is 6.29. The van der Waals surface area contributed by atoms with Crippen LogP contribution >= 0.6 is 0 Å². The minimum atomic E-state index is 0.0588. The number of carbonyl (C=O) groups excluding carboxylic acids is 1. The molecule has 0 bridgehead atoms. The van der Waals surface area contributed by atoms with Crippen LogP contribution in [0.3, 0.4) is 0 Å². The first-order chi connectivity index (χ1) is 11.2. The first kappa shape index (κ1) is 16.0. The van der Waals surface area contributed by atoms with Crippen LogP contribution in [0.15, 0.2) is 22.6 Å². The predicted octanol–water partition coefficient (Wildman–Crippen LogP) is 2.69. The minimum absolute atomic E-state index is 0.0588. The van der Waals surface area contributed by atoms with Gasteiger partial charge in [-0.05, 0) is 56.5 Å². The highest BCUT2D eigenvalue weighted by atomic mass is 16.5. The first-order valence-electron chi connectivity index (χ1n) is 8.13. The Kier molecular flexibility index (Phi) is 5.25. The van der Waals surface area contributed by atoms with E-state index in [-0.39, 0.29) is 5.91 Å². The number of hydrogen-bond acceptors (Lipinski definition) is 5. The maximum atomic E-state index is 12.1. The molecule has 2 aromatic rings. The zero-order valence-electron chi connectivity index (χ0n) is 13.4. The SMILES string of the molecule is COCc1nc2cc(NC(=O)CCC3CCNCC3)ccc2o1. The van der Waals surface area contributed by atoms with E-state index in [1.807, 2.05) is 18.2 Å². The number of oxazole rings is 1. The van der Waals surface area contributed by atoms with Gasteiger partial charge in [-0.1, -0.05) is 0 Å². The van der Waals surface area contributed by atoms with Crippen LogP contribution in [-0.2, 0) is 16.1 Å². The Bertz CT molecular complexity index is 662. The molecule has 0 unspecified atom stereocenters. The third-order valence-electron chi connectivity index (χ3n) is 4.22. The van der Waals surface area contributed by atoms with Crippen LogP contribution in [0.2, 0.25) is 0 Å². The van der Waals surface area contributed by atoms with Crippen molar-refractivity contribution in [2.75, 3.05) is 25.5 Å². The van der Waals surface area contributed by atoms with E-state index in [1.165, 1.54) is 12.8 Å². The number of fused-ring (bicyclic) bond motifs is 1. The molecule has 6 heteroatoms. The molecule has 23 heavy (non-hydrogen) atoms. The molecule has 2 heterocycles. The van der Waals surface area contributed by atoms with Crippen molar-refractivity contribution in [2.24, 2.45) is 5.92 Å². The molecule has 1 aliphatic rings. The number of hydrogen-bond donors (Lipinski definition) is 2. The van der Waals surface area contributed by atoms with Crippen LogP contribution in [0.4, 0.5) is 5.69 Å². The molecule has 1 aromatic heterocycles. The van der Waals surface area contributed by atoms with Gasteiger partial charge in [-0.25, -0.2) is 4.98 Å². The number of piperidine rings is 1. The fraction of sp³-hybridized carbons (Fsp3) is 0.529. The van der Waals surface area contributed by atoms with Gasteiger partial charge in [-0.15, -0.1) is 0 Å². The van der Waals surface area contributed by atoms with Crippen molar-refractivity contribution in [2.45, 2.75) is 32.3 Å². The van der Waals surface area contributed by atoms with E-state index in [0.29, 0.717) is 30.4 Å². The Hall–Kier alpha value is -1.92. The number of benzene rings is 1. The summed E-state index contributed by atoms with van der Waals surface area (Å²) in [4.78, 5) is 16.4. The number of aromatic nitrogens is 1. The molecule has 3 rings (SSSR count). The van der Waals surface area contributed by atoms with Gasteiger partial charge in [0.25, 0.3) is 0 Å². The summed E-state index contributed by atoms with van der Waals surface area (Å²) in [5.74, 6) is 1.26. The summed E-state index contributed by atoms with van der Waals surface area (Å²) in [5.41, 5.74) is 2.18. The Labute approximate surface area is 135 Å². The molecular formula is C17H23N3O3. The second-order valence-corrected chi connectivity index (χ2v) is 6.00. The maximum Gasteiger partial charge on any atom is 0.224 e. The summed E-state index contributed by atoms with van der Waals surface area (Å²) < 4.78 is 10.6. The van der Waals surface area contributed by atoms with Gasteiger partial charge < -0.3 is 19.8 Å². The molecule has 0 spiro atoms. The van der Waals surface area contributed by atoms with Gasteiger partial charge >= 0.3 is 0 Å². The molecule has 1 aromatic carbocycles. The Balaban J connectivity index is 1.56. The van der Waals surface area contributed by atoms with Crippen molar-refractivity contribution in [3.63, 3.8) is 0 Å². The second kappa shape index (κ2) is 7.57. The lowest BCUT2D eigenvalue weighted by Gasteiger charge is -2.22. The van der Waals surface area contributed by atoms with Crippen LogP contribution in [0.5, 0.6) is 0 Å². The zero-order chi connectivity index (χ0) is 16.1. The van der Waals surface area contributed by atoms with Crippen LogP contribution in [0.1, 0.15) is 31.6 Å². The second-order valence-electron chi connectivity index (χ2n) is 6.00. The normalized spacial score (nSPS) is 15.9. The first-order valence-corrected chi connectivity index (χ1v) is 8.13. The van der Waals surface area contributed by atoms with Crippen molar-refractivity contribution in [1.82, 2.24) is 10.3 Å². The highest BCUT2D eigenvalue weighted by Crippen LogP contribution is 2.22. The average molecular weight is 317 g/mol.